The van der Waals surface area contributed by atoms with Gasteiger partial charge < -0.3 is 15.5 Å². The number of nitrogens with zero attached hydrogens (tertiary/aromatic N) is 2. The third-order valence-corrected chi connectivity index (χ3v) is 5.34. The molecule has 2 aromatic rings. The molecule has 2 N–H and O–H groups in total. The van der Waals surface area contributed by atoms with Gasteiger partial charge >= 0.3 is 0 Å². The first-order valence-corrected chi connectivity index (χ1v) is 10.2. The molecule has 1 saturated heterocycles. The molecule has 3 rings (SSSR count). The van der Waals surface area contributed by atoms with Gasteiger partial charge in [0, 0.05) is 56.6 Å². The summed E-state index contributed by atoms with van der Waals surface area (Å²) < 4.78 is 0. The summed E-state index contributed by atoms with van der Waals surface area (Å²) in [6, 6.07) is 13.3. The molecule has 2 aromatic carbocycles. The molecule has 0 saturated carbocycles. The van der Waals surface area contributed by atoms with E-state index in [0.29, 0.717) is 11.3 Å². The van der Waals surface area contributed by atoms with Crippen LogP contribution in [0, 0.1) is 6.92 Å². The molecule has 0 unspecified atom stereocenters. The second kappa shape index (κ2) is 9.67. The third kappa shape index (κ3) is 5.89. The first-order valence-electron chi connectivity index (χ1n) is 10.2. The van der Waals surface area contributed by atoms with Crippen LogP contribution < -0.4 is 10.6 Å². The van der Waals surface area contributed by atoms with E-state index >= 15 is 0 Å². The van der Waals surface area contributed by atoms with Gasteiger partial charge in [-0.15, -0.1) is 0 Å². The number of rotatable bonds is 6. The highest BCUT2D eigenvalue weighted by molar-refractivity contribution is 6.05. The number of benzene rings is 2. The van der Waals surface area contributed by atoms with Gasteiger partial charge in [-0.2, -0.15) is 0 Å². The van der Waals surface area contributed by atoms with E-state index < -0.39 is 0 Å². The summed E-state index contributed by atoms with van der Waals surface area (Å²) in [6.07, 6.45) is 0. The standard InChI is InChI=1S/C23H30N4O2/c1-4-26-11-13-27(14-12-26)16-19-6-9-21(10-7-19)25-23(29)20-8-5-17(2)22(15-20)24-18(3)28/h5-10,15H,4,11-14,16H2,1-3H3,(H,24,28)(H,25,29). The summed E-state index contributed by atoms with van der Waals surface area (Å²) in [5.41, 5.74) is 4.09. The summed E-state index contributed by atoms with van der Waals surface area (Å²) in [5, 5.41) is 5.69. The molecule has 0 spiro atoms. The monoisotopic (exact) mass is 394 g/mol. The molecule has 6 nitrogen and oxygen atoms in total. The fourth-order valence-electron chi connectivity index (χ4n) is 3.51. The maximum atomic E-state index is 12.6. The van der Waals surface area contributed by atoms with Gasteiger partial charge in [0.2, 0.25) is 5.91 Å². The summed E-state index contributed by atoms with van der Waals surface area (Å²) in [4.78, 5) is 28.9. The van der Waals surface area contributed by atoms with E-state index in [1.54, 1.807) is 12.1 Å². The number of piperazine rings is 1. The molecule has 1 heterocycles. The number of carbonyl (C=O) groups is 2. The van der Waals surface area contributed by atoms with Crippen LogP contribution in [0.5, 0.6) is 0 Å². The fraction of sp³-hybridized carbons (Fsp3) is 0.391. The quantitative estimate of drug-likeness (QED) is 0.789. The fourth-order valence-corrected chi connectivity index (χ4v) is 3.51. The van der Waals surface area contributed by atoms with E-state index in [0.717, 1.165) is 50.5 Å². The van der Waals surface area contributed by atoms with E-state index in [-0.39, 0.29) is 11.8 Å². The molecule has 2 amide bonds. The van der Waals surface area contributed by atoms with E-state index in [2.05, 4.69) is 39.5 Å². The predicted molar refractivity (Wildman–Crippen MR) is 117 cm³/mol. The van der Waals surface area contributed by atoms with E-state index in [9.17, 15) is 9.59 Å². The largest absolute Gasteiger partial charge is 0.326 e. The smallest absolute Gasteiger partial charge is 0.255 e. The Hall–Kier alpha value is -2.70. The Bertz CT molecular complexity index is 856. The van der Waals surface area contributed by atoms with Crippen molar-refractivity contribution in [2.24, 2.45) is 0 Å². The Kier molecular flexibility index (Phi) is 7.01. The molecule has 29 heavy (non-hydrogen) atoms. The number of hydrogen-bond acceptors (Lipinski definition) is 4. The maximum Gasteiger partial charge on any atom is 0.255 e. The molecule has 0 aliphatic carbocycles. The predicted octanol–water partition coefficient (Wildman–Crippen LogP) is 3.34. The van der Waals surface area contributed by atoms with Gasteiger partial charge in [0.05, 0.1) is 0 Å². The molecule has 0 atom stereocenters. The highest BCUT2D eigenvalue weighted by Crippen LogP contribution is 2.19. The van der Waals surface area contributed by atoms with Crippen molar-refractivity contribution in [3.05, 3.63) is 59.2 Å². The molecule has 0 bridgehead atoms. The molecule has 1 aliphatic heterocycles. The molecule has 1 aliphatic rings. The summed E-state index contributed by atoms with van der Waals surface area (Å²) >= 11 is 0. The van der Waals surface area contributed by atoms with Crippen LogP contribution >= 0.6 is 0 Å². The highest BCUT2D eigenvalue weighted by Gasteiger charge is 2.15. The van der Waals surface area contributed by atoms with Crippen molar-refractivity contribution < 1.29 is 9.59 Å². The lowest BCUT2D eigenvalue weighted by atomic mass is 10.1. The second-order valence-electron chi connectivity index (χ2n) is 7.57. The molecule has 6 heteroatoms. The zero-order valence-electron chi connectivity index (χ0n) is 17.5. The molecule has 0 aromatic heterocycles. The Balaban J connectivity index is 1.58. The summed E-state index contributed by atoms with van der Waals surface area (Å²) in [7, 11) is 0. The zero-order valence-corrected chi connectivity index (χ0v) is 17.5. The Morgan fingerprint density at radius 3 is 2.21 bits per heavy atom. The van der Waals surface area contributed by atoms with Gasteiger partial charge in [0.15, 0.2) is 0 Å². The van der Waals surface area contributed by atoms with Crippen molar-refractivity contribution in [2.75, 3.05) is 43.4 Å². The molecule has 154 valence electrons. The zero-order chi connectivity index (χ0) is 20.8. The number of nitrogens with one attached hydrogen (secondary N) is 2. The van der Waals surface area contributed by atoms with Crippen molar-refractivity contribution in [2.45, 2.75) is 27.3 Å². The van der Waals surface area contributed by atoms with Crippen molar-refractivity contribution >= 4 is 23.2 Å². The van der Waals surface area contributed by atoms with Crippen LogP contribution in [0.25, 0.3) is 0 Å². The van der Waals surface area contributed by atoms with Crippen molar-refractivity contribution in [1.29, 1.82) is 0 Å². The minimum absolute atomic E-state index is 0.155. The van der Waals surface area contributed by atoms with E-state index in [1.165, 1.54) is 12.5 Å². The molecular weight excluding hydrogens is 364 g/mol. The average molecular weight is 395 g/mol. The number of aryl methyl sites for hydroxylation is 1. The Morgan fingerprint density at radius 2 is 1.59 bits per heavy atom. The number of likely N-dealkylation sites (N-methyl/N-ethyl adjacent to an activating group) is 1. The van der Waals surface area contributed by atoms with Gasteiger partial charge in [0.25, 0.3) is 5.91 Å². The molecule has 0 radical (unpaired) electrons. The van der Waals surface area contributed by atoms with Crippen molar-refractivity contribution in [3.63, 3.8) is 0 Å². The topological polar surface area (TPSA) is 64.7 Å². The van der Waals surface area contributed by atoms with Gasteiger partial charge in [-0.05, 0) is 48.9 Å². The van der Waals surface area contributed by atoms with Crippen LogP contribution in [0.15, 0.2) is 42.5 Å². The third-order valence-electron chi connectivity index (χ3n) is 5.34. The average Bonchev–Trinajstić information content (AvgIpc) is 2.71. The van der Waals surface area contributed by atoms with Crippen molar-refractivity contribution in [3.8, 4) is 0 Å². The van der Waals surface area contributed by atoms with Crippen LogP contribution in [0.4, 0.5) is 11.4 Å². The lowest BCUT2D eigenvalue weighted by Gasteiger charge is -2.34. The number of amides is 2. The van der Waals surface area contributed by atoms with Gasteiger partial charge in [-0.1, -0.05) is 25.1 Å². The SMILES string of the molecule is CCN1CCN(Cc2ccc(NC(=O)c3ccc(C)c(NC(C)=O)c3)cc2)CC1. The van der Waals surface area contributed by atoms with Crippen LogP contribution in [0.2, 0.25) is 0 Å². The van der Waals surface area contributed by atoms with Crippen LogP contribution in [0.3, 0.4) is 0 Å². The van der Waals surface area contributed by atoms with Gasteiger partial charge in [-0.3, -0.25) is 14.5 Å². The van der Waals surface area contributed by atoms with Crippen LogP contribution in [-0.4, -0.2) is 54.3 Å². The van der Waals surface area contributed by atoms with Crippen molar-refractivity contribution in [1.82, 2.24) is 9.80 Å². The Labute approximate surface area is 172 Å². The number of carbonyl (C=O) groups excluding carboxylic acids is 2. The van der Waals surface area contributed by atoms with Crippen LogP contribution in [0.1, 0.15) is 35.3 Å². The van der Waals surface area contributed by atoms with Gasteiger partial charge in [-0.25, -0.2) is 0 Å². The second-order valence-corrected chi connectivity index (χ2v) is 7.57. The maximum absolute atomic E-state index is 12.6. The number of hydrogen-bond donors (Lipinski definition) is 2. The Morgan fingerprint density at radius 1 is 0.931 bits per heavy atom. The first-order chi connectivity index (χ1) is 13.9. The summed E-state index contributed by atoms with van der Waals surface area (Å²) in [5.74, 6) is -0.350. The molecule has 1 fully saturated rings. The minimum atomic E-state index is -0.194. The van der Waals surface area contributed by atoms with Crippen LogP contribution in [-0.2, 0) is 11.3 Å². The normalized spacial score (nSPS) is 15.1. The lowest BCUT2D eigenvalue weighted by molar-refractivity contribution is -0.114. The van der Waals surface area contributed by atoms with E-state index in [1.807, 2.05) is 25.1 Å². The highest BCUT2D eigenvalue weighted by atomic mass is 16.2. The van der Waals surface area contributed by atoms with E-state index in [4.69, 9.17) is 0 Å². The van der Waals surface area contributed by atoms with Gasteiger partial charge in [0.1, 0.15) is 0 Å². The first kappa shape index (κ1) is 21.0. The summed E-state index contributed by atoms with van der Waals surface area (Å²) in [6.45, 7) is 12.1. The lowest BCUT2D eigenvalue weighted by Crippen LogP contribution is -2.45. The minimum Gasteiger partial charge on any atom is -0.326 e. The number of anilines is 2. The molecular formula is C23H30N4O2.